The summed E-state index contributed by atoms with van der Waals surface area (Å²) in [6.45, 7) is 6.85. The molecule has 0 radical (unpaired) electrons. The van der Waals surface area contributed by atoms with Gasteiger partial charge < -0.3 is 20.6 Å². The van der Waals surface area contributed by atoms with E-state index < -0.39 is 5.97 Å². The highest BCUT2D eigenvalue weighted by Gasteiger charge is 2.23. The molecule has 0 bridgehead atoms. The van der Waals surface area contributed by atoms with E-state index in [-0.39, 0.29) is 11.6 Å². The van der Waals surface area contributed by atoms with Gasteiger partial charge >= 0.3 is 5.97 Å². The van der Waals surface area contributed by atoms with Gasteiger partial charge in [-0.05, 0) is 96.4 Å². The predicted molar refractivity (Wildman–Crippen MR) is 153 cm³/mol. The zero-order valence-electron chi connectivity index (χ0n) is 21.8. The molecule has 3 heterocycles. The van der Waals surface area contributed by atoms with Crippen LogP contribution in [0, 0.1) is 13.8 Å². The Bertz CT molecular complexity index is 1530. The minimum atomic E-state index is -0.956. The van der Waals surface area contributed by atoms with Crippen LogP contribution in [0.2, 0.25) is 0 Å². The number of hydrogen-bond donors (Lipinski definition) is 3. The van der Waals surface area contributed by atoms with E-state index in [1.807, 2.05) is 0 Å². The van der Waals surface area contributed by atoms with Crippen LogP contribution in [0.1, 0.15) is 44.2 Å². The minimum absolute atomic E-state index is 0.0943. The van der Waals surface area contributed by atoms with Crippen LogP contribution in [0.25, 0.3) is 11.1 Å². The monoisotopic (exact) mass is 504 g/mol. The SMILES string of the molecule is Cc1ccc2c(c1)N(c1ccc(-c3ccc4c(c3)CCN[C@H]4CNc3cnccc3C(=O)O)c(C)c1)CC2. The number of carbonyl (C=O) groups is 1. The molecule has 3 N–H and O–H groups in total. The van der Waals surface area contributed by atoms with Gasteiger partial charge in [-0.2, -0.15) is 0 Å². The van der Waals surface area contributed by atoms with Crippen LogP contribution in [0.4, 0.5) is 17.1 Å². The topological polar surface area (TPSA) is 77.5 Å². The number of hydrogen-bond acceptors (Lipinski definition) is 5. The summed E-state index contributed by atoms with van der Waals surface area (Å²) in [5.74, 6) is -0.956. The summed E-state index contributed by atoms with van der Waals surface area (Å²) in [5.41, 5.74) is 12.4. The number of aromatic nitrogens is 1. The standard InChI is InChI=1S/C32H32N4O2/c1-20-3-4-22-11-14-36(31(22)15-20)25-6-8-26(21(2)16-25)23-5-7-27-24(17-23)9-13-34-30(27)19-35-29-18-33-12-10-28(29)32(37)38/h3-8,10,12,15-18,30,34-35H,9,11,13-14,19H2,1-2H3,(H,37,38)/t30-/m0/s1. The van der Waals surface area contributed by atoms with Gasteiger partial charge in [0.1, 0.15) is 0 Å². The Kier molecular flexibility index (Phi) is 6.34. The fourth-order valence-corrected chi connectivity index (χ4v) is 5.83. The maximum atomic E-state index is 11.5. The third kappa shape index (κ3) is 4.52. The lowest BCUT2D eigenvalue weighted by molar-refractivity contribution is 0.0697. The summed E-state index contributed by atoms with van der Waals surface area (Å²) in [6.07, 6.45) is 5.13. The van der Waals surface area contributed by atoms with Crippen LogP contribution in [0.5, 0.6) is 0 Å². The van der Waals surface area contributed by atoms with Crippen molar-refractivity contribution in [3.8, 4) is 11.1 Å². The van der Waals surface area contributed by atoms with Crippen molar-refractivity contribution in [2.24, 2.45) is 0 Å². The summed E-state index contributed by atoms with van der Waals surface area (Å²) in [6, 6.07) is 22.0. The molecule has 1 aromatic heterocycles. The second-order valence-corrected chi connectivity index (χ2v) is 10.3. The molecule has 0 saturated heterocycles. The van der Waals surface area contributed by atoms with E-state index in [1.165, 1.54) is 62.6 Å². The molecule has 1 atom stereocenters. The van der Waals surface area contributed by atoms with Gasteiger partial charge in [-0.1, -0.05) is 36.4 Å². The highest BCUT2D eigenvalue weighted by atomic mass is 16.4. The highest BCUT2D eigenvalue weighted by molar-refractivity contribution is 5.93. The molecule has 6 nitrogen and oxygen atoms in total. The largest absolute Gasteiger partial charge is 0.478 e. The Balaban J connectivity index is 1.23. The van der Waals surface area contributed by atoms with Crippen molar-refractivity contribution in [2.75, 3.05) is 29.9 Å². The van der Waals surface area contributed by atoms with Gasteiger partial charge in [0.05, 0.1) is 17.4 Å². The zero-order chi connectivity index (χ0) is 26.2. The normalized spacial score (nSPS) is 16.2. The molecule has 0 amide bonds. The third-order valence-electron chi connectivity index (χ3n) is 7.82. The summed E-state index contributed by atoms with van der Waals surface area (Å²) >= 11 is 0. The number of pyridine rings is 1. The Morgan fingerprint density at radius 2 is 1.95 bits per heavy atom. The molecule has 2 aliphatic rings. The van der Waals surface area contributed by atoms with Crippen molar-refractivity contribution in [1.29, 1.82) is 0 Å². The molecule has 4 aromatic rings. The molecule has 2 aliphatic heterocycles. The fraction of sp³-hybridized carbons (Fsp3) is 0.250. The predicted octanol–water partition coefficient (Wildman–Crippen LogP) is 6.06. The first-order valence-electron chi connectivity index (χ1n) is 13.2. The summed E-state index contributed by atoms with van der Waals surface area (Å²) in [5, 5.41) is 16.3. The number of anilines is 3. The lowest BCUT2D eigenvalue weighted by Crippen LogP contribution is -2.34. The maximum absolute atomic E-state index is 11.5. The van der Waals surface area contributed by atoms with Gasteiger partial charge in [0.25, 0.3) is 0 Å². The number of fused-ring (bicyclic) bond motifs is 2. The van der Waals surface area contributed by atoms with E-state index >= 15 is 0 Å². The number of nitrogens with one attached hydrogen (secondary N) is 2. The van der Waals surface area contributed by atoms with Crippen molar-refractivity contribution in [1.82, 2.24) is 10.3 Å². The van der Waals surface area contributed by atoms with E-state index in [2.05, 4.69) is 89.0 Å². The summed E-state index contributed by atoms with van der Waals surface area (Å²) in [7, 11) is 0. The van der Waals surface area contributed by atoms with Gasteiger partial charge in [0.15, 0.2) is 0 Å². The average molecular weight is 505 g/mol. The third-order valence-corrected chi connectivity index (χ3v) is 7.82. The van der Waals surface area contributed by atoms with Gasteiger partial charge in [0, 0.05) is 36.7 Å². The Morgan fingerprint density at radius 3 is 2.79 bits per heavy atom. The van der Waals surface area contributed by atoms with Crippen LogP contribution in [-0.2, 0) is 12.8 Å². The Morgan fingerprint density at radius 1 is 1.05 bits per heavy atom. The van der Waals surface area contributed by atoms with Crippen molar-refractivity contribution in [3.63, 3.8) is 0 Å². The Labute approximate surface area is 223 Å². The summed E-state index contributed by atoms with van der Waals surface area (Å²) in [4.78, 5) is 18.1. The summed E-state index contributed by atoms with van der Waals surface area (Å²) < 4.78 is 0. The van der Waals surface area contributed by atoms with Crippen molar-refractivity contribution >= 4 is 23.0 Å². The molecule has 6 heteroatoms. The van der Waals surface area contributed by atoms with Crippen molar-refractivity contribution in [3.05, 3.63) is 106 Å². The van der Waals surface area contributed by atoms with Crippen molar-refractivity contribution < 1.29 is 9.90 Å². The molecule has 0 spiro atoms. The van der Waals surface area contributed by atoms with E-state index in [9.17, 15) is 9.90 Å². The second-order valence-electron chi connectivity index (χ2n) is 10.3. The van der Waals surface area contributed by atoms with Crippen molar-refractivity contribution in [2.45, 2.75) is 32.7 Å². The minimum Gasteiger partial charge on any atom is -0.478 e. The number of carboxylic acid groups (broad SMARTS) is 1. The lowest BCUT2D eigenvalue weighted by atomic mass is 9.89. The van der Waals surface area contributed by atoms with Gasteiger partial charge in [-0.15, -0.1) is 0 Å². The number of nitrogens with zero attached hydrogens (tertiary/aromatic N) is 2. The molecular formula is C32H32N4O2. The van der Waals surface area contributed by atoms with E-state index in [4.69, 9.17) is 0 Å². The number of carboxylic acids is 1. The zero-order valence-corrected chi connectivity index (χ0v) is 21.8. The first kappa shape index (κ1) is 24.2. The molecule has 38 heavy (non-hydrogen) atoms. The van der Waals surface area contributed by atoms with Crippen LogP contribution in [-0.4, -0.2) is 35.7 Å². The van der Waals surface area contributed by atoms with Gasteiger partial charge in [-0.3, -0.25) is 4.98 Å². The fourth-order valence-electron chi connectivity index (χ4n) is 5.83. The average Bonchev–Trinajstić information content (AvgIpc) is 3.34. The number of rotatable bonds is 6. The smallest absolute Gasteiger partial charge is 0.337 e. The number of benzene rings is 3. The van der Waals surface area contributed by atoms with Crippen LogP contribution in [0.15, 0.2) is 73.1 Å². The molecule has 0 aliphatic carbocycles. The second kappa shape index (κ2) is 9.95. The highest BCUT2D eigenvalue weighted by Crippen LogP contribution is 2.38. The molecule has 0 fully saturated rings. The molecule has 3 aromatic carbocycles. The van der Waals surface area contributed by atoms with Gasteiger partial charge in [0.2, 0.25) is 0 Å². The van der Waals surface area contributed by atoms with Crippen LogP contribution in [0.3, 0.4) is 0 Å². The maximum Gasteiger partial charge on any atom is 0.337 e. The molecule has 192 valence electrons. The van der Waals surface area contributed by atoms with E-state index in [0.717, 1.165) is 25.9 Å². The lowest BCUT2D eigenvalue weighted by Gasteiger charge is -2.28. The first-order valence-corrected chi connectivity index (χ1v) is 13.2. The molecule has 0 unspecified atom stereocenters. The van der Waals surface area contributed by atoms with Crippen LogP contribution >= 0.6 is 0 Å². The first-order chi connectivity index (χ1) is 18.5. The van der Waals surface area contributed by atoms with Crippen LogP contribution < -0.4 is 15.5 Å². The number of aryl methyl sites for hydroxylation is 2. The Hall–Kier alpha value is -4.16. The van der Waals surface area contributed by atoms with Gasteiger partial charge in [-0.25, -0.2) is 4.79 Å². The van der Waals surface area contributed by atoms with E-state index in [0.29, 0.717) is 12.2 Å². The molecule has 6 rings (SSSR count). The number of aromatic carboxylic acids is 1. The molecular weight excluding hydrogens is 472 g/mol. The van der Waals surface area contributed by atoms with E-state index in [1.54, 1.807) is 6.20 Å². The quantitative estimate of drug-likeness (QED) is 0.296. The molecule has 0 saturated carbocycles.